The van der Waals surface area contributed by atoms with Gasteiger partial charge in [-0.15, -0.1) is 0 Å². The van der Waals surface area contributed by atoms with E-state index in [1.165, 1.54) is 0 Å². The molecule has 0 spiro atoms. The van der Waals surface area contributed by atoms with Gasteiger partial charge < -0.3 is 10.6 Å². The van der Waals surface area contributed by atoms with Crippen molar-refractivity contribution < 1.29 is 4.79 Å². The van der Waals surface area contributed by atoms with Crippen LogP contribution < -0.4 is 10.6 Å². The van der Waals surface area contributed by atoms with E-state index in [9.17, 15) is 4.79 Å². The molecule has 0 fully saturated rings. The first-order valence-corrected chi connectivity index (χ1v) is 8.26. The number of thiocarbonyl (C=S) groups is 1. The molecule has 23 heavy (non-hydrogen) atoms. The number of hydrogen-bond acceptors (Lipinski definition) is 2. The topological polar surface area (TPSA) is 41.1 Å². The Kier molecular flexibility index (Phi) is 6.84. The lowest BCUT2D eigenvalue weighted by Crippen LogP contribution is -2.38. The Morgan fingerprint density at radius 1 is 1.09 bits per heavy atom. The van der Waals surface area contributed by atoms with Gasteiger partial charge in [0.05, 0.1) is 0 Å². The average molecular weight is 367 g/mol. The predicted molar refractivity (Wildman–Crippen MR) is 98.8 cm³/mol. The Hall–Kier alpha value is -1.62. The van der Waals surface area contributed by atoms with Crippen LogP contribution >= 0.6 is 35.4 Å². The van der Waals surface area contributed by atoms with Crippen LogP contribution in [-0.4, -0.2) is 11.0 Å². The summed E-state index contributed by atoms with van der Waals surface area (Å²) in [6, 6.07) is 15.1. The standard InChI is InChI=1S/C17H16Cl2N2OS/c18-14-8-7-13(15(19)10-14)11-20-17(23)21-16(22)9-6-12-4-2-1-3-5-12/h1-5,7-8,10H,6,9,11H2,(H2,20,21,22,23). The molecule has 6 heteroatoms. The lowest BCUT2D eigenvalue weighted by molar-refractivity contribution is -0.119. The lowest BCUT2D eigenvalue weighted by atomic mass is 10.1. The maximum atomic E-state index is 11.9. The van der Waals surface area contributed by atoms with Crippen molar-refractivity contribution in [2.75, 3.05) is 0 Å². The van der Waals surface area contributed by atoms with Crippen LogP contribution in [-0.2, 0) is 17.8 Å². The fraction of sp³-hybridized carbons (Fsp3) is 0.176. The van der Waals surface area contributed by atoms with E-state index in [-0.39, 0.29) is 11.0 Å². The van der Waals surface area contributed by atoms with Gasteiger partial charge in [0.25, 0.3) is 0 Å². The Balaban J connectivity index is 1.74. The number of aryl methyl sites for hydroxylation is 1. The van der Waals surface area contributed by atoms with Crippen LogP contribution in [0.15, 0.2) is 48.5 Å². The zero-order chi connectivity index (χ0) is 16.7. The van der Waals surface area contributed by atoms with Gasteiger partial charge in [-0.05, 0) is 41.9 Å². The van der Waals surface area contributed by atoms with E-state index in [4.69, 9.17) is 35.4 Å². The molecule has 0 unspecified atom stereocenters. The SMILES string of the molecule is O=C(CCc1ccccc1)NC(=S)NCc1ccc(Cl)cc1Cl. The summed E-state index contributed by atoms with van der Waals surface area (Å²) in [5.41, 5.74) is 1.98. The minimum atomic E-state index is -0.117. The fourth-order valence-electron chi connectivity index (χ4n) is 1.98. The molecule has 3 nitrogen and oxygen atoms in total. The van der Waals surface area contributed by atoms with E-state index in [0.717, 1.165) is 11.1 Å². The first-order chi connectivity index (χ1) is 11.0. The van der Waals surface area contributed by atoms with Gasteiger partial charge in [0.15, 0.2) is 5.11 Å². The van der Waals surface area contributed by atoms with Gasteiger partial charge in [0.1, 0.15) is 0 Å². The number of rotatable bonds is 5. The zero-order valence-corrected chi connectivity index (χ0v) is 14.6. The first kappa shape index (κ1) is 17.7. The molecule has 0 saturated carbocycles. The Labute approximate surface area is 151 Å². The summed E-state index contributed by atoms with van der Waals surface area (Å²) >= 11 is 17.0. The molecular weight excluding hydrogens is 351 g/mol. The Bertz CT molecular complexity index is 692. The quantitative estimate of drug-likeness (QED) is 0.782. The molecule has 0 aliphatic rings. The van der Waals surface area contributed by atoms with Crippen LogP contribution in [0.5, 0.6) is 0 Å². The molecule has 2 N–H and O–H groups in total. The number of carbonyl (C=O) groups is 1. The fourth-order valence-corrected chi connectivity index (χ4v) is 2.64. The third kappa shape index (κ3) is 6.18. The van der Waals surface area contributed by atoms with Crippen LogP contribution in [0.4, 0.5) is 0 Å². The monoisotopic (exact) mass is 366 g/mol. The van der Waals surface area contributed by atoms with E-state index in [1.807, 2.05) is 36.4 Å². The second-order valence-corrected chi connectivity index (χ2v) is 6.20. The second kappa shape index (κ2) is 8.87. The molecule has 0 aliphatic heterocycles. The number of halogens is 2. The molecule has 2 aromatic rings. The van der Waals surface area contributed by atoms with Crippen molar-refractivity contribution in [3.05, 3.63) is 69.7 Å². The molecule has 0 radical (unpaired) electrons. The average Bonchev–Trinajstić information content (AvgIpc) is 2.53. The van der Waals surface area contributed by atoms with E-state index in [1.54, 1.807) is 12.1 Å². The minimum absolute atomic E-state index is 0.117. The highest BCUT2D eigenvalue weighted by atomic mass is 35.5. The van der Waals surface area contributed by atoms with Crippen molar-refractivity contribution in [2.45, 2.75) is 19.4 Å². The van der Waals surface area contributed by atoms with E-state index >= 15 is 0 Å². The molecular formula is C17H16Cl2N2OS. The third-order valence-electron chi connectivity index (χ3n) is 3.19. The van der Waals surface area contributed by atoms with E-state index in [0.29, 0.717) is 29.4 Å². The lowest BCUT2D eigenvalue weighted by Gasteiger charge is -2.11. The van der Waals surface area contributed by atoms with Crippen LogP contribution in [0.25, 0.3) is 0 Å². The van der Waals surface area contributed by atoms with Crippen LogP contribution in [0.2, 0.25) is 10.0 Å². The smallest absolute Gasteiger partial charge is 0.226 e. The third-order valence-corrected chi connectivity index (χ3v) is 4.02. The maximum absolute atomic E-state index is 11.9. The van der Waals surface area contributed by atoms with Gasteiger partial charge in [-0.2, -0.15) is 0 Å². The molecule has 0 aromatic heterocycles. The van der Waals surface area contributed by atoms with Crippen LogP contribution in [0, 0.1) is 0 Å². The molecule has 2 rings (SSSR count). The molecule has 0 aliphatic carbocycles. The number of nitrogens with one attached hydrogen (secondary N) is 2. The highest BCUT2D eigenvalue weighted by Crippen LogP contribution is 2.20. The Morgan fingerprint density at radius 2 is 1.83 bits per heavy atom. The van der Waals surface area contributed by atoms with Gasteiger partial charge in [-0.3, -0.25) is 4.79 Å². The van der Waals surface area contributed by atoms with Gasteiger partial charge in [0, 0.05) is 23.0 Å². The first-order valence-electron chi connectivity index (χ1n) is 7.10. The summed E-state index contributed by atoms with van der Waals surface area (Å²) in [5, 5.41) is 7.05. The normalized spacial score (nSPS) is 10.2. The molecule has 0 heterocycles. The summed E-state index contributed by atoms with van der Waals surface area (Å²) in [7, 11) is 0. The summed E-state index contributed by atoms with van der Waals surface area (Å²) in [6.07, 6.45) is 1.06. The summed E-state index contributed by atoms with van der Waals surface area (Å²) in [6.45, 7) is 0.424. The van der Waals surface area contributed by atoms with E-state index in [2.05, 4.69) is 10.6 Å². The van der Waals surface area contributed by atoms with E-state index < -0.39 is 0 Å². The molecule has 0 bridgehead atoms. The summed E-state index contributed by atoms with van der Waals surface area (Å²) < 4.78 is 0. The van der Waals surface area contributed by atoms with Gasteiger partial charge in [-0.25, -0.2) is 0 Å². The van der Waals surface area contributed by atoms with Crippen LogP contribution in [0.1, 0.15) is 17.5 Å². The van der Waals surface area contributed by atoms with Crippen molar-refractivity contribution >= 4 is 46.4 Å². The van der Waals surface area contributed by atoms with Gasteiger partial charge >= 0.3 is 0 Å². The van der Waals surface area contributed by atoms with Crippen molar-refractivity contribution in [1.29, 1.82) is 0 Å². The van der Waals surface area contributed by atoms with Crippen molar-refractivity contribution in [3.8, 4) is 0 Å². The molecule has 2 aromatic carbocycles. The van der Waals surface area contributed by atoms with Crippen molar-refractivity contribution in [1.82, 2.24) is 10.6 Å². The van der Waals surface area contributed by atoms with Crippen LogP contribution in [0.3, 0.4) is 0 Å². The number of benzene rings is 2. The molecule has 0 saturated heterocycles. The summed E-state index contributed by atoms with van der Waals surface area (Å²) in [4.78, 5) is 11.9. The zero-order valence-electron chi connectivity index (χ0n) is 12.3. The predicted octanol–water partition coefficient (Wildman–Crippen LogP) is 4.12. The van der Waals surface area contributed by atoms with Crippen molar-refractivity contribution in [2.24, 2.45) is 0 Å². The maximum Gasteiger partial charge on any atom is 0.226 e. The highest BCUT2D eigenvalue weighted by Gasteiger charge is 2.06. The molecule has 1 amide bonds. The highest BCUT2D eigenvalue weighted by molar-refractivity contribution is 7.80. The summed E-state index contributed by atoms with van der Waals surface area (Å²) in [5.74, 6) is -0.117. The Morgan fingerprint density at radius 3 is 2.52 bits per heavy atom. The number of carbonyl (C=O) groups excluding carboxylic acids is 1. The second-order valence-electron chi connectivity index (χ2n) is 4.95. The van der Waals surface area contributed by atoms with Gasteiger partial charge in [-0.1, -0.05) is 59.6 Å². The largest absolute Gasteiger partial charge is 0.358 e. The van der Waals surface area contributed by atoms with Gasteiger partial charge in [0.2, 0.25) is 5.91 Å². The van der Waals surface area contributed by atoms with Crippen molar-refractivity contribution in [3.63, 3.8) is 0 Å². The molecule has 120 valence electrons. The number of amides is 1. The molecule has 0 atom stereocenters. The minimum Gasteiger partial charge on any atom is -0.358 e. The number of hydrogen-bond donors (Lipinski definition) is 2.